The Labute approximate surface area is 194 Å². The molecule has 180 valence electrons. The van der Waals surface area contributed by atoms with Crippen LogP contribution in [0.4, 0.5) is 19.0 Å². The van der Waals surface area contributed by atoms with Gasteiger partial charge >= 0.3 is 6.18 Å². The molecule has 11 heteroatoms. The molecule has 1 aromatic carbocycles. The maximum Gasteiger partial charge on any atom is 0.417 e. The Bertz CT molecular complexity index is 1180. The predicted molar refractivity (Wildman–Crippen MR) is 119 cm³/mol. The number of methoxy groups -OCH3 is 2. The minimum absolute atomic E-state index is 0.179. The second kappa shape index (κ2) is 9.24. The first-order valence-corrected chi connectivity index (χ1v) is 10.5. The summed E-state index contributed by atoms with van der Waals surface area (Å²) in [5.74, 6) is 1.38. The Morgan fingerprint density at radius 3 is 2.59 bits per heavy atom. The number of nitrogens with zero attached hydrogens (tertiary/aromatic N) is 4. The highest BCUT2D eigenvalue weighted by Gasteiger charge is 2.32. The number of aromatic nitrogens is 3. The van der Waals surface area contributed by atoms with Crippen LogP contribution < -0.4 is 19.7 Å². The van der Waals surface area contributed by atoms with E-state index in [1.807, 2.05) is 4.90 Å². The molecule has 1 saturated heterocycles. The maximum absolute atomic E-state index is 13.0. The average molecular weight is 475 g/mol. The van der Waals surface area contributed by atoms with Crippen LogP contribution in [0, 0.1) is 0 Å². The number of amides is 1. The van der Waals surface area contributed by atoms with Gasteiger partial charge in [-0.2, -0.15) is 18.3 Å². The van der Waals surface area contributed by atoms with Gasteiger partial charge in [0.1, 0.15) is 23.0 Å². The fourth-order valence-corrected chi connectivity index (χ4v) is 3.91. The molecule has 1 unspecified atom stereocenters. The van der Waals surface area contributed by atoms with Crippen molar-refractivity contribution in [2.24, 2.45) is 7.05 Å². The number of alkyl halides is 3. The molecule has 0 spiro atoms. The number of nitrogens with one attached hydrogen (secondary N) is 1. The molecule has 34 heavy (non-hydrogen) atoms. The van der Waals surface area contributed by atoms with Gasteiger partial charge in [0.05, 0.1) is 25.5 Å². The summed E-state index contributed by atoms with van der Waals surface area (Å²) in [7, 11) is 4.80. The molecule has 1 aliphatic heterocycles. The molecule has 0 saturated carbocycles. The monoisotopic (exact) mass is 475 g/mol. The van der Waals surface area contributed by atoms with E-state index >= 15 is 0 Å². The van der Waals surface area contributed by atoms with Crippen LogP contribution in [0.2, 0.25) is 0 Å². The lowest BCUT2D eigenvalue weighted by atomic mass is 10.1. The minimum Gasteiger partial charge on any atom is -0.497 e. The van der Waals surface area contributed by atoms with Crippen LogP contribution in [0.25, 0.3) is 11.3 Å². The molecule has 0 aliphatic carbocycles. The van der Waals surface area contributed by atoms with Gasteiger partial charge in [-0.25, -0.2) is 4.98 Å². The Hall–Kier alpha value is -3.76. The van der Waals surface area contributed by atoms with Crippen molar-refractivity contribution in [3.05, 3.63) is 53.9 Å². The quantitative estimate of drug-likeness (QED) is 0.588. The molecular weight excluding hydrogens is 451 g/mol. The normalized spacial score (nSPS) is 15.9. The second-order valence-corrected chi connectivity index (χ2v) is 7.91. The first-order chi connectivity index (χ1) is 16.2. The van der Waals surface area contributed by atoms with E-state index < -0.39 is 11.7 Å². The van der Waals surface area contributed by atoms with E-state index in [4.69, 9.17) is 9.47 Å². The number of ether oxygens (including phenoxy) is 2. The number of benzene rings is 1. The summed E-state index contributed by atoms with van der Waals surface area (Å²) in [5.41, 5.74) is 0.827. The Balaban J connectivity index is 1.45. The summed E-state index contributed by atoms with van der Waals surface area (Å²) in [6.45, 7) is 1.01. The molecule has 1 fully saturated rings. The molecular formula is C23H24F3N5O3. The van der Waals surface area contributed by atoms with Gasteiger partial charge in [-0.15, -0.1) is 0 Å². The third kappa shape index (κ3) is 4.78. The van der Waals surface area contributed by atoms with Gasteiger partial charge in [0.15, 0.2) is 0 Å². The highest BCUT2D eigenvalue weighted by Crippen LogP contribution is 2.33. The first kappa shape index (κ1) is 23.4. The van der Waals surface area contributed by atoms with Crippen LogP contribution in [0.5, 0.6) is 11.5 Å². The second-order valence-electron chi connectivity index (χ2n) is 7.91. The molecule has 8 nitrogen and oxygen atoms in total. The molecule has 4 rings (SSSR count). The zero-order valence-corrected chi connectivity index (χ0v) is 18.9. The fraction of sp³-hybridized carbons (Fsp3) is 0.348. The molecule has 3 aromatic rings. The van der Waals surface area contributed by atoms with Crippen molar-refractivity contribution >= 4 is 11.7 Å². The van der Waals surface area contributed by atoms with Gasteiger partial charge in [-0.3, -0.25) is 9.48 Å². The molecule has 2 aromatic heterocycles. The van der Waals surface area contributed by atoms with Gasteiger partial charge in [0.2, 0.25) is 0 Å². The number of carbonyl (C=O) groups excluding carboxylic acids is 1. The molecule has 0 bridgehead atoms. The summed E-state index contributed by atoms with van der Waals surface area (Å²) in [5, 5.41) is 7.44. The number of carbonyl (C=O) groups is 1. The van der Waals surface area contributed by atoms with Crippen LogP contribution in [0.15, 0.2) is 42.6 Å². The summed E-state index contributed by atoms with van der Waals surface area (Å²) >= 11 is 0. The van der Waals surface area contributed by atoms with E-state index in [1.165, 1.54) is 10.7 Å². The number of pyridine rings is 1. The molecule has 1 aliphatic rings. The van der Waals surface area contributed by atoms with Gasteiger partial charge < -0.3 is 19.7 Å². The largest absolute Gasteiger partial charge is 0.497 e. The van der Waals surface area contributed by atoms with E-state index in [2.05, 4.69) is 15.4 Å². The molecule has 1 amide bonds. The van der Waals surface area contributed by atoms with Crippen molar-refractivity contribution in [2.45, 2.75) is 18.6 Å². The van der Waals surface area contributed by atoms with E-state index in [9.17, 15) is 18.0 Å². The summed E-state index contributed by atoms with van der Waals surface area (Å²) < 4.78 is 50.5. The minimum atomic E-state index is -4.43. The Morgan fingerprint density at radius 2 is 1.94 bits per heavy atom. The highest BCUT2D eigenvalue weighted by molar-refractivity contribution is 5.94. The lowest BCUT2D eigenvalue weighted by molar-refractivity contribution is -0.137. The first-order valence-electron chi connectivity index (χ1n) is 10.5. The smallest absolute Gasteiger partial charge is 0.417 e. The molecule has 1 atom stereocenters. The third-order valence-corrected chi connectivity index (χ3v) is 5.72. The summed E-state index contributed by atoms with van der Waals surface area (Å²) in [6.07, 6.45) is -2.96. The van der Waals surface area contributed by atoms with E-state index in [-0.39, 0.29) is 11.9 Å². The number of rotatable bonds is 6. The van der Waals surface area contributed by atoms with Gasteiger partial charge in [-0.05, 0) is 42.8 Å². The van der Waals surface area contributed by atoms with Crippen LogP contribution in [0.1, 0.15) is 22.5 Å². The van der Waals surface area contributed by atoms with Crippen LogP contribution >= 0.6 is 0 Å². The standard InChI is InChI=1S/C23H24F3N5O3/c1-30-19(11-18(29-30)17-10-16(33-2)5-6-20(17)34-3)22(32)28-15-8-9-31(13-15)21-7-4-14(12-27-21)23(24,25)26/h4-7,10-12,15H,8-9,13H2,1-3H3,(H,28,32). The summed E-state index contributed by atoms with van der Waals surface area (Å²) in [4.78, 5) is 18.7. The maximum atomic E-state index is 13.0. The number of anilines is 1. The van der Waals surface area contributed by atoms with E-state index in [1.54, 1.807) is 45.5 Å². The van der Waals surface area contributed by atoms with Crippen molar-refractivity contribution in [1.82, 2.24) is 20.1 Å². The zero-order valence-electron chi connectivity index (χ0n) is 18.9. The molecule has 3 heterocycles. The fourth-order valence-electron chi connectivity index (χ4n) is 3.91. The van der Waals surface area contributed by atoms with E-state index in [0.717, 1.165) is 12.3 Å². The van der Waals surface area contributed by atoms with Crippen molar-refractivity contribution in [2.75, 3.05) is 32.2 Å². The van der Waals surface area contributed by atoms with Gasteiger partial charge in [0, 0.05) is 37.9 Å². The Kier molecular flexibility index (Phi) is 6.36. The number of halogens is 3. The van der Waals surface area contributed by atoms with E-state index in [0.29, 0.717) is 53.8 Å². The SMILES string of the molecule is COc1ccc(OC)c(-c2cc(C(=O)NC3CCN(c4ccc(C(F)(F)F)cn4)C3)n(C)n2)c1. The predicted octanol–water partition coefficient (Wildman–Crippen LogP) is 3.53. The van der Waals surface area contributed by atoms with Crippen molar-refractivity contribution in [3.63, 3.8) is 0 Å². The lowest BCUT2D eigenvalue weighted by Gasteiger charge is -2.18. The van der Waals surface area contributed by atoms with Crippen molar-refractivity contribution in [1.29, 1.82) is 0 Å². The Morgan fingerprint density at radius 1 is 1.15 bits per heavy atom. The third-order valence-electron chi connectivity index (χ3n) is 5.72. The molecule has 1 N–H and O–H groups in total. The average Bonchev–Trinajstić information content (AvgIpc) is 3.44. The van der Waals surface area contributed by atoms with Crippen LogP contribution in [0.3, 0.4) is 0 Å². The summed E-state index contributed by atoms with van der Waals surface area (Å²) in [6, 6.07) is 9.19. The molecule has 0 radical (unpaired) electrons. The van der Waals surface area contributed by atoms with Crippen molar-refractivity contribution < 1.29 is 27.4 Å². The number of hydrogen-bond acceptors (Lipinski definition) is 6. The number of aryl methyl sites for hydroxylation is 1. The van der Waals surface area contributed by atoms with Gasteiger partial charge in [-0.1, -0.05) is 0 Å². The zero-order chi connectivity index (χ0) is 24.5. The highest BCUT2D eigenvalue weighted by atomic mass is 19.4. The topological polar surface area (TPSA) is 81.5 Å². The van der Waals surface area contributed by atoms with Crippen LogP contribution in [-0.4, -0.2) is 54.0 Å². The number of hydrogen-bond donors (Lipinski definition) is 1. The lowest BCUT2D eigenvalue weighted by Crippen LogP contribution is -2.38. The van der Waals surface area contributed by atoms with Crippen molar-refractivity contribution in [3.8, 4) is 22.8 Å². The van der Waals surface area contributed by atoms with Crippen LogP contribution in [-0.2, 0) is 13.2 Å². The van der Waals surface area contributed by atoms with Gasteiger partial charge in [0.25, 0.3) is 5.91 Å².